The number of carbonyl (C=O) groups excluding carboxylic acids is 1. The number of benzene rings is 2. The molecule has 4 rings (SSSR count). The van der Waals surface area contributed by atoms with Gasteiger partial charge in [-0.25, -0.2) is 4.39 Å². The van der Waals surface area contributed by atoms with E-state index in [-0.39, 0.29) is 5.56 Å². The molecule has 1 amide bonds. The summed E-state index contributed by atoms with van der Waals surface area (Å²) in [4.78, 5) is 26.0. The van der Waals surface area contributed by atoms with Gasteiger partial charge in [-0.1, -0.05) is 30.3 Å². The van der Waals surface area contributed by atoms with Crippen molar-refractivity contribution in [3.05, 3.63) is 83.4 Å². The normalized spacial score (nSPS) is 14.2. The fourth-order valence-corrected chi connectivity index (χ4v) is 3.95. The number of morpholine rings is 1. The Hall–Kier alpha value is -3.33. The quantitative estimate of drug-likeness (QED) is 0.515. The SMILES string of the molecule is CN(C)Cc1ccc(-c2cccc(ONC(=O)c3cncc(F)c3)c2)c(CN2CCOCC2)c1. The van der Waals surface area contributed by atoms with Gasteiger partial charge in [0.05, 0.1) is 25.0 Å². The van der Waals surface area contributed by atoms with E-state index in [0.29, 0.717) is 5.75 Å². The van der Waals surface area contributed by atoms with Gasteiger partial charge in [-0.15, -0.1) is 0 Å². The van der Waals surface area contributed by atoms with Crippen LogP contribution in [0.15, 0.2) is 60.9 Å². The molecule has 0 atom stereocenters. The van der Waals surface area contributed by atoms with Crippen LogP contribution in [-0.4, -0.2) is 61.1 Å². The molecule has 1 aliphatic heterocycles. The number of ether oxygens (including phenoxy) is 1. The Balaban J connectivity index is 1.54. The van der Waals surface area contributed by atoms with Gasteiger partial charge in [0.15, 0.2) is 5.75 Å². The standard InChI is InChI=1S/C26H29FN4O3/c1-30(2)17-19-6-7-25(22(12-19)18-31-8-10-33-11-9-31)20-4-3-5-24(14-20)34-29-26(32)21-13-23(27)16-28-15-21/h3-7,12-16H,8-11,17-18H2,1-2H3,(H,29,32). The Morgan fingerprint density at radius 2 is 1.97 bits per heavy atom. The van der Waals surface area contributed by atoms with E-state index in [4.69, 9.17) is 9.57 Å². The summed E-state index contributed by atoms with van der Waals surface area (Å²) in [5, 5.41) is 0. The van der Waals surface area contributed by atoms with Gasteiger partial charge < -0.3 is 14.5 Å². The van der Waals surface area contributed by atoms with Crippen LogP contribution < -0.4 is 10.3 Å². The zero-order valence-electron chi connectivity index (χ0n) is 19.5. The van der Waals surface area contributed by atoms with E-state index in [1.807, 2.05) is 18.2 Å². The van der Waals surface area contributed by atoms with Crippen LogP contribution in [0.3, 0.4) is 0 Å². The van der Waals surface area contributed by atoms with Crippen molar-refractivity contribution in [3.8, 4) is 16.9 Å². The average Bonchev–Trinajstić information content (AvgIpc) is 2.83. The zero-order valence-corrected chi connectivity index (χ0v) is 19.5. The third-order valence-electron chi connectivity index (χ3n) is 5.54. The third kappa shape index (κ3) is 6.38. The van der Waals surface area contributed by atoms with Crippen molar-refractivity contribution in [1.82, 2.24) is 20.3 Å². The maximum atomic E-state index is 13.3. The van der Waals surface area contributed by atoms with Gasteiger partial charge in [0.2, 0.25) is 0 Å². The lowest BCUT2D eigenvalue weighted by molar-refractivity contribution is 0.0342. The fourth-order valence-electron chi connectivity index (χ4n) is 3.95. The predicted molar refractivity (Wildman–Crippen MR) is 128 cm³/mol. The highest BCUT2D eigenvalue weighted by atomic mass is 19.1. The Morgan fingerprint density at radius 1 is 1.15 bits per heavy atom. The zero-order chi connectivity index (χ0) is 23.9. The lowest BCUT2D eigenvalue weighted by atomic mass is 9.96. The highest BCUT2D eigenvalue weighted by Crippen LogP contribution is 2.29. The highest BCUT2D eigenvalue weighted by molar-refractivity contribution is 5.93. The number of aromatic nitrogens is 1. The molecule has 0 aliphatic carbocycles. The number of rotatable bonds is 8. The number of hydroxylamine groups is 1. The van der Waals surface area contributed by atoms with Gasteiger partial charge in [0, 0.05) is 32.4 Å². The molecule has 2 aromatic carbocycles. The molecule has 0 bridgehead atoms. The van der Waals surface area contributed by atoms with Gasteiger partial charge in [-0.05, 0) is 54.5 Å². The first-order valence-corrected chi connectivity index (χ1v) is 11.2. The Bertz CT molecular complexity index is 1130. The summed E-state index contributed by atoms with van der Waals surface area (Å²) in [6.45, 7) is 4.99. The molecule has 7 nitrogen and oxygen atoms in total. The molecule has 1 fully saturated rings. The molecule has 1 saturated heterocycles. The molecule has 1 aromatic heterocycles. The molecule has 2 heterocycles. The summed E-state index contributed by atoms with van der Waals surface area (Å²) >= 11 is 0. The molecule has 1 N–H and O–H groups in total. The highest BCUT2D eigenvalue weighted by Gasteiger charge is 2.15. The first-order valence-electron chi connectivity index (χ1n) is 11.2. The van der Waals surface area contributed by atoms with E-state index in [0.717, 1.165) is 62.8 Å². The van der Waals surface area contributed by atoms with Crippen LogP contribution in [-0.2, 0) is 17.8 Å². The first kappa shape index (κ1) is 23.8. The molecule has 0 spiro atoms. The van der Waals surface area contributed by atoms with Gasteiger partial charge in [0.25, 0.3) is 5.91 Å². The van der Waals surface area contributed by atoms with Gasteiger partial charge >= 0.3 is 0 Å². The van der Waals surface area contributed by atoms with Crippen LogP contribution in [0.2, 0.25) is 0 Å². The average molecular weight is 465 g/mol. The van der Waals surface area contributed by atoms with Crippen LogP contribution >= 0.6 is 0 Å². The van der Waals surface area contributed by atoms with Gasteiger partial charge in [-0.3, -0.25) is 14.7 Å². The Morgan fingerprint density at radius 3 is 2.74 bits per heavy atom. The minimum atomic E-state index is -0.583. The van der Waals surface area contributed by atoms with Crippen molar-refractivity contribution in [1.29, 1.82) is 0 Å². The molecule has 8 heteroatoms. The topological polar surface area (TPSA) is 66.9 Å². The lowest BCUT2D eigenvalue weighted by Gasteiger charge is -2.28. The van der Waals surface area contributed by atoms with Crippen LogP contribution in [0.4, 0.5) is 4.39 Å². The molecule has 178 valence electrons. The molecule has 0 unspecified atom stereocenters. The number of halogens is 1. The van der Waals surface area contributed by atoms with Crippen molar-refractivity contribution < 1.29 is 18.8 Å². The largest absolute Gasteiger partial charge is 0.379 e. The van der Waals surface area contributed by atoms with Crippen molar-refractivity contribution in [2.75, 3.05) is 40.4 Å². The first-order chi connectivity index (χ1) is 16.5. The number of carbonyl (C=O) groups is 1. The summed E-state index contributed by atoms with van der Waals surface area (Å²) in [6.07, 6.45) is 2.32. The molecular weight excluding hydrogens is 435 g/mol. The van der Waals surface area contributed by atoms with Gasteiger partial charge in [0.1, 0.15) is 5.82 Å². The monoisotopic (exact) mass is 464 g/mol. The molecule has 0 saturated carbocycles. The Kier molecular flexibility index (Phi) is 7.84. The minimum absolute atomic E-state index is 0.0837. The van der Waals surface area contributed by atoms with Crippen LogP contribution in [0.5, 0.6) is 5.75 Å². The van der Waals surface area contributed by atoms with E-state index < -0.39 is 11.7 Å². The van der Waals surface area contributed by atoms with E-state index in [1.165, 1.54) is 17.3 Å². The van der Waals surface area contributed by atoms with Crippen LogP contribution in [0, 0.1) is 5.82 Å². The van der Waals surface area contributed by atoms with Crippen molar-refractivity contribution in [2.24, 2.45) is 0 Å². The maximum Gasteiger partial charge on any atom is 0.285 e. The predicted octanol–water partition coefficient (Wildman–Crippen LogP) is 3.51. The van der Waals surface area contributed by atoms with E-state index in [9.17, 15) is 9.18 Å². The second-order valence-corrected chi connectivity index (χ2v) is 8.57. The summed E-state index contributed by atoms with van der Waals surface area (Å²) in [7, 11) is 4.12. The smallest absolute Gasteiger partial charge is 0.285 e. The maximum absolute atomic E-state index is 13.3. The fraction of sp³-hybridized carbons (Fsp3) is 0.308. The third-order valence-corrected chi connectivity index (χ3v) is 5.54. The van der Waals surface area contributed by atoms with Crippen molar-refractivity contribution in [3.63, 3.8) is 0 Å². The molecule has 0 radical (unpaired) electrons. The molecule has 3 aromatic rings. The number of amides is 1. The number of nitrogens with one attached hydrogen (secondary N) is 1. The summed E-state index contributed by atoms with van der Waals surface area (Å²) in [5.74, 6) is -0.677. The second-order valence-electron chi connectivity index (χ2n) is 8.57. The van der Waals surface area contributed by atoms with Crippen molar-refractivity contribution in [2.45, 2.75) is 13.1 Å². The van der Waals surface area contributed by atoms with Crippen LogP contribution in [0.25, 0.3) is 11.1 Å². The summed E-state index contributed by atoms with van der Waals surface area (Å²) in [6, 6.07) is 15.2. The molecular formula is C26H29FN4O3. The number of nitrogens with zero attached hydrogens (tertiary/aromatic N) is 3. The molecule has 34 heavy (non-hydrogen) atoms. The second kappa shape index (κ2) is 11.2. The number of hydrogen-bond donors (Lipinski definition) is 1. The van der Waals surface area contributed by atoms with E-state index in [1.54, 1.807) is 6.07 Å². The summed E-state index contributed by atoms with van der Waals surface area (Å²) in [5.41, 5.74) is 7.02. The Labute approximate surface area is 199 Å². The summed E-state index contributed by atoms with van der Waals surface area (Å²) < 4.78 is 18.8. The van der Waals surface area contributed by atoms with E-state index >= 15 is 0 Å². The number of hydrogen-bond acceptors (Lipinski definition) is 6. The molecule has 1 aliphatic rings. The number of pyridine rings is 1. The minimum Gasteiger partial charge on any atom is -0.379 e. The lowest BCUT2D eigenvalue weighted by Crippen LogP contribution is -2.35. The van der Waals surface area contributed by atoms with Gasteiger partial charge in [-0.2, -0.15) is 5.48 Å². The van der Waals surface area contributed by atoms with E-state index in [2.05, 4.69) is 52.6 Å². The van der Waals surface area contributed by atoms with Crippen LogP contribution in [0.1, 0.15) is 21.5 Å². The van der Waals surface area contributed by atoms with Crippen molar-refractivity contribution >= 4 is 5.91 Å².